The van der Waals surface area contributed by atoms with Gasteiger partial charge in [-0.3, -0.25) is 0 Å². The molecular weight excluding hydrogens is 266 g/mol. The average Bonchev–Trinajstić information content (AvgIpc) is 2.85. The van der Waals surface area contributed by atoms with Crippen LogP contribution in [0, 0.1) is 0 Å². The molecule has 0 atom stereocenters. The first-order valence-corrected chi connectivity index (χ1v) is 5.94. The molecule has 3 rings (SSSR count). The molecule has 0 saturated carbocycles. The van der Waals surface area contributed by atoms with Gasteiger partial charge in [0.15, 0.2) is 5.65 Å². The smallest absolute Gasteiger partial charge is 0.245 e. The van der Waals surface area contributed by atoms with Gasteiger partial charge >= 0.3 is 0 Å². The normalized spacial score (nSPS) is 10.8. The highest BCUT2D eigenvalue weighted by Crippen LogP contribution is 2.21. The zero-order valence-electron chi connectivity index (χ0n) is 9.80. The van der Waals surface area contributed by atoms with Crippen molar-refractivity contribution in [2.24, 2.45) is 0 Å². The van der Waals surface area contributed by atoms with Crippen LogP contribution in [0.15, 0.2) is 30.6 Å². The maximum absolute atomic E-state index is 5.82. The van der Waals surface area contributed by atoms with Crippen molar-refractivity contribution in [3.05, 3.63) is 41.2 Å². The fourth-order valence-corrected chi connectivity index (χ4v) is 1.79. The molecule has 2 aromatic heterocycles. The lowest BCUT2D eigenvalue weighted by atomic mass is 10.2. The molecule has 0 unspecified atom stereocenters. The van der Waals surface area contributed by atoms with E-state index >= 15 is 0 Å². The van der Waals surface area contributed by atoms with Gasteiger partial charge in [0, 0.05) is 5.02 Å². The number of ether oxygens (including phenoxy) is 1. The van der Waals surface area contributed by atoms with E-state index in [0.717, 1.165) is 5.56 Å². The number of nitrogens with one attached hydrogen (secondary N) is 1. The van der Waals surface area contributed by atoms with Gasteiger partial charge in [-0.2, -0.15) is 9.97 Å². The number of benzene rings is 1. The zero-order valence-corrected chi connectivity index (χ0v) is 10.6. The Bertz CT molecular complexity index is 710. The van der Waals surface area contributed by atoms with Crippen molar-refractivity contribution >= 4 is 28.7 Å². The van der Waals surface area contributed by atoms with Crippen LogP contribution in [0.3, 0.4) is 0 Å². The minimum absolute atomic E-state index is 0.130. The summed E-state index contributed by atoms with van der Waals surface area (Å²) < 4.78 is 5.64. The first-order chi connectivity index (χ1) is 9.22. The third-order valence-corrected chi connectivity index (χ3v) is 2.81. The lowest BCUT2D eigenvalue weighted by Crippen LogP contribution is -2.02. The summed E-state index contributed by atoms with van der Waals surface area (Å²) in [5.41, 5.74) is 7.69. The van der Waals surface area contributed by atoms with Crippen molar-refractivity contribution in [2.75, 3.05) is 5.73 Å². The highest BCUT2D eigenvalue weighted by molar-refractivity contribution is 6.30. The number of hydrogen-bond donors (Lipinski definition) is 2. The number of anilines is 1. The van der Waals surface area contributed by atoms with Gasteiger partial charge in [0.2, 0.25) is 11.8 Å². The lowest BCUT2D eigenvalue weighted by Gasteiger charge is -2.06. The molecule has 3 N–H and O–H groups in total. The molecule has 19 heavy (non-hydrogen) atoms. The summed E-state index contributed by atoms with van der Waals surface area (Å²) in [7, 11) is 0. The van der Waals surface area contributed by atoms with E-state index in [2.05, 4.69) is 19.9 Å². The van der Waals surface area contributed by atoms with Gasteiger partial charge in [0.05, 0.1) is 6.33 Å². The van der Waals surface area contributed by atoms with Crippen molar-refractivity contribution in [3.63, 3.8) is 0 Å². The summed E-state index contributed by atoms with van der Waals surface area (Å²) in [6.45, 7) is 0.363. The Balaban J connectivity index is 1.85. The minimum atomic E-state index is 0.130. The van der Waals surface area contributed by atoms with Crippen LogP contribution >= 0.6 is 11.6 Å². The summed E-state index contributed by atoms with van der Waals surface area (Å²) in [6.07, 6.45) is 1.52. The molecule has 0 saturated heterocycles. The summed E-state index contributed by atoms with van der Waals surface area (Å²) in [6, 6.07) is 7.38. The largest absolute Gasteiger partial charge is 0.471 e. The Morgan fingerprint density at radius 3 is 2.79 bits per heavy atom. The number of nitrogen functional groups attached to an aromatic ring is 1. The summed E-state index contributed by atoms with van der Waals surface area (Å²) in [5, 5.41) is 0.686. The second-order valence-electron chi connectivity index (χ2n) is 3.90. The fraction of sp³-hybridized carbons (Fsp3) is 0.0833. The van der Waals surface area contributed by atoms with E-state index in [1.54, 1.807) is 12.1 Å². The van der Waals surface area contributed by atoms with E-state index in [0.29, 0.717) is 28.7 Å². The van der Waals surface area contributed by atoms with Crippen LogP contribution in [0.2, 0.25) is 5.02 Å². The molecular formula is C12H10ClN5O. The molecule has 2 heterocycles. The number of imidazole rings is 1. The number of rotatable bonds is 3. The lowest BCUT2D eigenvalue weighted by molar-refractivity contribution is 0.297. The topological polar surface area (TPSA) is 89.7 Å². The number of H-pyrrole nitrogens is 1. The summed E-state index contributed by atoms with van der Waals surface area (Å²) >= 11 is 5.82. The molecule has 0 radical (unpaired) electrons. The number of aromatic amines is 1. The maximum Gasteiger partial charge on any atom is 0.245 e. The van der Waals surface area contributed by atoms with Crippen LogP contribution in [0.5, 0.6) is 5.88 Å². The van der Waals surface area contributed by atoms with Crippen molar-refractivity contribution < 1.29 is 4.74 Å². The molecule has 6 nitrogen and oxygen atoms in total. The van der Waals surface area contributed by atoms with Gasteiger partial charge < -0.3 is 15.5 Å². The van der Waals surface area contributed by atoms with Crippen LogP contribution in [0.25, 0.3) is 11.2 Å². The van der Waals surface area contributed by atoms with E-state index in [1.807, 2.05) is 12.1 Å². The van der Waals surface area contributed by atoms with Gasteiger partial charge in [-0.15, -0.1) is 0 Å². The molecule has 96 valence electrons. The molecule has 7 heteroatoms. The minimum Gasteiger partial charge on any atom is -0.471 e. The van der Waals surface area contributed by atoms with Gasteiger partial charge in [-0.25, -0.2) is 4.98 Å². The van der Waals surface area contributed by atoms with Crippen molar-refractivity contribution in [1.82, 2.24) is 19.9 Å². The van der Waals surface area contributed by atoms with E-state index in [1.165, 1.54) is 6.33 Å². The Morgan fingerprint density at radius 2 is 2.00 bits per heavy atom. The Morgan fingerprint density at radius 1 is 1.21 bits per heavy atom. The number of aromatic nitrogens is 4. The SMILES string of the molecule is Nc1nc(OCc2ccc(Cl)cc2)c2[nH]cnc2n1. The zero-order chi connectivity index (χ0) is 13.2. The van der Waals surface area contributed by atoms with Crippen LogP contribution in [-0.2, 0) is 6.61 Å². The molecule has 0 amide bonds. The molecule has 0 spiro atoms. The van der Waals surface area contributed by atoms with E-state index in [4.69, 9.17) is 22.1 Å². The molecule has 0 fully saturated rings. The highest BCUT2D eigenvalue weighted by Gasteiger charge is 2.09. The van der Waals surface area contributed by atoms with Gasteiger partial charge in [0.25, 0.3) is 0 Å². The van der Waals surface area contributed by atoms with E-state index in [9.17, 15) is 0 Å². The van der Waals surface area contributed by atoms with E-state index in [-0.39, 0.29) is 5.95 Å². The molecule has 1 aromatic carbocycles. The highest BCUT2D eigenvalue weighted by atomic mass is 35.5. The number of nitrogens with two attached hydrogens (primary N) is 1. The molecule has 0 bridgehead atoms. The van der Waals surface area contributed by atoms with Crippen molar-refractivity contribution in [2.45, 2.75) is 6.61 Å². The number of halogens is 1. The monoisotopic (exact) mass is 275 g/mol. The second kappa shape index (κ2) is 4.74. The molecule has 0 aliphatic rings. The third kappa shape index (κ3) is 2.43. The fourth-order valence-electron chi connectivity index (χ4n) is 1.66. The number of nitrogens with zero attached hydrogens (tertiary/aromatic N) is 3. The molecule has 0 aliphatic heterocycles. The van der Waals surface area contributed by atoms with Crippen LogP contribution in [0.4, 0.5) is 5.95 Å². The van der Waals surface area contributed by atoms with Gasteiger partial charge in [-0.1, -0.05) is 23.7 Å². The molecule has 0 aliphatic carbocycles. The quantitative estimate of drug-likeness (QED) is 0.764. The van der Waals surface area contributed by atoms with Crippen LogP contribution in [0.1, 0.15) is 5.56 Å². The first kappa shape index (κ1) is 11.7. The number of fused-ring (bicyclic) bond motifs is 1. The van der Waals surface area contributed by atoms with Crippen molar-refractivity contribution in [1.29, 1.82) is 0 Å². The third-order valence-electron chi connectivity index (χ3n) is 2.56. The second-order valence-corrected chi connectivity index (χ2v) is 4.34. The van der Waals surface area contributed by atoms with Crippen molar-refractivity contribution in [3.8, 4) is 5.88 Å². The van der Waals surface area contributed by atoms with E-state index < -0.39 is 0 Å². The maximum atomic E-state index is 5.82. The van der Waals surface area contributed by atoms with Gasteiger partial charge in [-0.05, 0) is 17.7 Å². The Labute approximate surface area is 113 Å². The first-order valence-electron chi connectivity index (χ1n) is 5.56. The predicted octanol–water partition coefficient (Wildman–Crippen LogP) is 2.17. The van der Waals surface area contributed by atoms with Crippen LogP contribution < -0.4 is 10.5 Å². The Hall–Kier alpha value is -2.34. The molecule has 3 aromatic rings. The predicted molar refractivity (Wildman–Crippen MR) is 71.9 cm³/mol. The number of hydrogen-bond acceptors (Lipinski definition) is 5. The standard InChI is InChI=1S/C12H10ClN5O/c13-8-3-1-7(2-4-8)5-19-11-9-10(16-6-15-9)17-12(14)18-11/h1-4,6H,5H2,(H3,14,15,16,17,18). The Kier molecular flexibility index (Phi) is 2.92. The summed E-state index contributed by atoms with van der Waals surface area (Å²) in [5.74, 6) is 0.514. The average molecular weight is 276 g/mol. The van der Waals surface area contributed by atoms with Gasteiger partial charge in [0.1, 0.15) is 12.1 Å². The summed E-state index contributed by atoms with van der Waals surface area (Å²) in [4.78, 5) is 15.0. The van der Waals surface area contributed by atoms with Crippen LogP contribution in [-0.4, -0.2) is 19.9 Å².